The molecule has 2 N–H and O–H groups in total. The first-order valence-electron chi connectivity index (χ1n) is 9.37. The van der Waals surface area contributed by atoms with E-state index in [2.05, 4.69) is 10.9 Å². The van der Waals surface area contributed by atoms with Gasteiger partial charge in [-0.05, 0) is 42.0 Å². The second-order valence-electron chi connectivity index (χ2n) is 6.55. The lowest BCUT2D eigenvalue weighted by Gasteiger charge is -2.26. The molecule has 0 aromatic heterocycles. The third-order valence-corrected chi connectivity index (χ3v) is 6.36. The first kappa shape index (κ1) is 22.2. The van der Waals surface area contributed by atoms with Crippen molar-refractivity contribution in [3.8, 4) is 6.07 Å². The van der Waals surface area contributed by atoms with Crippen molar-refractivity contribution in [1.82, 2.24) is 15.2 Å². The number of sulfonamides is 1. The van der Waals surface area contributed by atoms with Crippen LogP contribution in [0.15, 0.2) is 59.5 Å². The minimum absolute atomic E-state index is 0.00547. The van der Waals surface area contributed by atoms with E-state index in [1.807, 2.05) is 6.07 Å². The molecule has 0 bridgehead atoms. The molecule has 9 nitrogen and oxygen atoms in total. The van der Waals surface area contributed by atoms with Gasteiger partial charge < -0.3 is 4.74 Å². The molecule has 2 aromatic carbocycles. The molecule has 0 unspecified atom stereocenters. The maximum atomic E-state index is 12.7. The molecule has 1 saturated heterocycles. The zero-order valence-electron chi connectivity index (χ0n) is 16.4. The summed E-state index contributed by atoms with van der Waals surface area (Å²) < 4.78 is 31.9. The molecule has 160 valence electrons. The lowest BCUT2D eigenvalue weighted by molar-refractivity contribution is -0.117. The van der Waals surface area contributed by atoms with E-state index in [1.54, 1.807) is 24.3 Å². The molecule has 1 aliphatic rings. The Labute approximate surface area is 179 Å². The van der Waals surface area contributed by atoms with Crippen molar-refractivity contribution in [2.45, 2.75) is 4.90 Å². The van der Waals surface area contributed by atoms with Gasteiger partial charge in [-0.1, -0.05) is 18.2 Å². The summed E-state index contributed by atoms with van der Waals surface area (Å²) in [7, 11) is -3.74. The van der Waals surface area contributed by atoms with Crippen molar-refractivity contribution in [3.05, 3.63) is 71.3 Å². The van der Waals surface area contributed by atoms with Crippen molar-refractivity contribution in [2.75, 3.05) is 26.3 Å². The highest BCUT2D eigenvalue weighted by Crippen LogP contribution is 2.18. The maximum absolute atomic E-state index is 12.7. The summed E-state index contributed by atoms with van der Waals surface area (Å²) in [6.07, 6.45) is 2.75. The van der Waals surface area contributed by atoms with Crippen molar-refractivity contribution in [3.63, 3.8) is 0 Å². The van der Waals surface area contributed by atoms with Gasteiger partial charge in [0.05, 0.1) is 29.7 Å². The highest BCUT2D eigenvalue weighted by molar-refractivity contribution is 7.89. The zero-order chi connectivity index (χ0) is 22.3. The Hall–Kier alpha value is -3.52. The van der Waals surface area contributed by atoms with Crippen molar-refractivity contribution in [2.24, 2.45) is 0 Å². The van der Waals surface area contributed by atoms with Crippen molar-refractivity contribution in [1.29, 1.82) is 5.26 Å². The lowest BCUT2D eigenvalue weighted by Crippen LogP contribution is -2.41. The molecule has 0 atom stereocenters. The first-order valence-corrected chi connectivity index (χ1v) is 10.8. The molecule has 31 heavy (non-hydrogen) atoms. The van der Waals surface area contributed by atoms with Crippen LogP contribution in [0.1, 0.15) is 21.5 Å². The molecular formula is C21H20N4O5S. The maximum Gasteiger partial charge on any atom is 0.269 e. The number of amides is 2. The molecule has 1 aliphatic heterocycles. The predicted molar refractivity (Wildman–Crippen MR) is 112 cm³/mol. The van der Waals surface area contributed by atoms with Gasteiger partial charge in [0, 0.05) is 24.7 Å². The largest absolute Gasteiger partial charge is 0.379 e. The van der Waals surface area contributed by atoms with Gasteiger partial charge in [0.25, 0.3) is 11.8 Å². The van der Waals surface area contributed by atoms with Crippen molar-refractivity contribution >= 4 is 27.9 Å². The summed E-state index contributed by atoms with van der Waals surface area (Å²) in [5, 5.41) is 8.78. The number of ether oxygens (including phenoxy) is 1. The van der Waals surface area contributed by atoms with Crippen LogP contribution in [0.25, 0.3) is 6.08 Å². The minimum Gasteiger partial charge on any atom is -0.379 e. The van der Waals surface area contributed by atoms with Gasteiger partial charge in [0.2, 0.25) is 10.0 Å². The SMILES string of the molecule is N#Cc1ccc(/C=C/C(=O)NNC(=O)c2cccc(S(=O)(=O)N3CCOCC3)c2)cc1. The summed E-state index contributed by atoms with van der Waals surface area (Å²) in [5.74, 6) is -1.23. The minimum atomic E-state index is -3.74. The quantitative estimate of drug-likeness (QED) is 0.528. The summed E-state index contributed by atoms with van der Waals surface area (Å²) in [6, 6.07) is 14.2. The van der Waals surface area contributed by atoms with E-state index in [9.17, 15) is 18.0 Å². The topological polar surface area (TPSA) is 129 Å². The van der Waals surface area contributed by atoms with Crippen LogP contribution in [-0.2, 0) is 19.6 Å². The Balaban J connectivity index is 1.60. The highest BCUT2D eigenvalue weighted by atomic mass is 32.2. The number of hydrazine groups is 1. The number of hydrogen-bond donors (Lipinski definition) is 2. The second-order valence-corrected chi connectivity index (χ2v) is 8.49. The normalized spacial score (nSPS) is 14.7. The van der Waals surface area contributed by atoms with E-state index in [0.29, 0.717) is 24.3 Å². The van der Waals surface area contributed by atoms with E-state index in [-0.39, 0.29) is 23.5 Å². The van der Waals surface area contributed by atoms with E-state index in [0.717, 1.165) is 0 Å². The van der Waals surface area contributed by atoms with E-state index in [4.69, 9.17) is 10.00 Å². The Morgan fingerprint density at radius 1 is 1.06 bits per heavy atom. The first-order chi connectivity index (χ1) is 14.9. The molecule has 1 fully saturated rings. The smallest absolute Gasteiger partial charge is 0.269 e. The number of carbonyl (C=O) groups excluding carboxylic acids is 2. The van der Waals surface area contributed by atoms with Gasteiger partial charge in [0.15, 0.2) is 0 Å². The number of nitriles is 1. The van der Waals surface area contributed by atoms with E-state index < -0.39 is 21.8 Å². The van der Waals surface area contributed by atoms with Crippen LogP contribution in [-0.4, -0.2) is 50.8 Å². The molecular weight excluding hydrogens is 420 g/mol. The average Bonchev–Trinajstić information content (AvgIpc) is 2.82. The van der Waals surface area contributed by atoms with Crippen LogP contribution < -0.4 is 10.9 Å². The van der Waals surface area contributed by atoms with Crippen LogP contribution >= 0.6 is 0 Å². The molecule has 1 heterocycles. The summed E-state index contributed by atoms with van der Waals surface area (Å²) in [4.78, 5) is 24.3. The zero-order valence-corrected chi connectivity index (χ0v) is 17.3. The lowest BCUT2D eigenvalue weighted by atomic mass is 10.1. The molecule has 0 spiro atoms. The Morgan fingerprint density at radius 2 is 1.77 bits per heavy atom. The highest BCUT2D eigenvalue weighted by Gasteiger charge is 2.26. The average molecular weight is 440 g/mol. The number of hydrogen-bond acceptors (Lipinski definition) is 6. The van der Waals surface area contributed by atoms with Crippen LogP contribution in [0.2, 0.25) is 0 Å². The Morgan fingerprint density at radius 3 is 2.45 bits per heavy atom. The van der Waals surface area contributed by atoms with Gasteiger partial charge in [-0.25, -0.2) is 8.42 Å². The Kier molecular flexibility index (Phi) is 7.15. The van der Waals surface area contributed by atoms with Crippen molar-refractivity contribution < 1.29 is 22.7 Å². The molecule has 3 rings (SSSR count). The molecule has 0 radical (unpaired) electrons. The van der Waals surface area contributed by atoms with Gasteiger partial charge in [0.1, 0.15) is 0 Å². The summed E-state index contributed by atoms with van der Waals surface area (Å²) in [5.41, 5.74) is 5.80. The number of carbonyl (C=O) groups is 2. The molecule has 2 aromatic rings. The third-order valence-electron chi connectivity index (χ3n) is 4.47. The monoisotopic (exact) mass is 440 g/mol. The fourth-order valence-corrected chi connectivity index (χ4v) is 4.26. The molecule has 10 heteroatoms. The Bertz CT molecular complexity index is 1130. The van der Waals surface area contributed by atoms with Gasteiger partial charge in [-0.15, -0.1) is 0 Å². The van der Waals surface area contributed by atoms with Crippen LogP contribution in [0, 0.1) is 11.3 Å². The van der Waals surface area contributed by atoms with E-state index >= 15 is 0 Å². The fraction of sp³-hybridized carbons (Fsp3) is 0.190. The van der Waals surface area contributed by atoms with Crippen LogP contribution in [0.5, 0.6) is 0 Å². The second kappa shape index (κ2) is 9.99. The summed E-state index contributed by atoms with van der Waals surface area (Å²) >= 11 is 0. The fourth-order valence-electron chi connectivity index (χ4n) is 2.81. The summed E-state index contributed by atoms with van der Waals surface area (Å²) in [6.45, 7) is 1.14. The number of nitrogens with one attached hydrogen (secondary N) is 2. The number of morpholine rings is 1. The van der Waals surface area contributed by atoms with Gasteiger partial charge >= 0.3 is 0 Å². The number of benzene rings is 2. The molecule has 0 saturated carbocycles. The molecule has 0 aliphatic carbocycles. The third kappa shape index (κ3) is 5.76. The number of nitrogens with zero attached hydrogens (tertiary/aromatic N) is 2. The standard InChI is InChI=1S/C21H20N4O5S/c22-15-17-6-4-16(5-7-17)8-9-20(26)23-24-21(27)18-2-1-3-19(14-18)31(28,29)25-10-12-30-13-11-25/h1-9,14H,10-13H2,(H,23,26)(H,24,27)/b9-8+. The van der Waals surface area contributed by atoms with Crippen LogP contribution in [0.4, 0.5) is 0 Å². The van der Waals surface area contributed by atoms with E-state index in [1.165, 1.54) is 40.7 Å². The predicted octanol–water partition coefficient (Wildman–Crippen LogP) is 1.05. The number of rotatable bonds is 5. The van der Waals surface area contributed by atoms with Crippen LogP contribution in [0.3, 0.4) is 0 Å². The van der Waals surface area contributed by atoms with Gasteiger partial charge in [-0.2, -0.15) is 9.57 Å². The molecule has 2 amide bonds. The van der Waals surface area contributed by atoms with Gasteiger partial charge in [-0.3, -0.25) is 20.4 Å².